The third kappa shape index (κ3) is 4.71. The second-order valence-electron chi connectivity index (χ2n) is 8.55. The van der Waals surface area contributed by atoms with Crippen molar-refractivity contribution in [3.63, 3.8) is 0 Å². The van der Waals surface area contributed by atoms with E-state index < -0.39 is 48.7 Å². The number of halogens is 3. The molecule has 4 rings (SSSR count). The monoisotopic (exact) mass is 489 g/mol. The number of hydrogen-bond acceptors (Lipinski definition) is 4. The molecule has 2 aliphatic rings. The highest BCUT2D eigenvalue weighted by Gasteiger charge is 2.44. The molecule has 0 bridgehead atoms. The standard InChI is InChI=1S/C24H22F3N3O5/c1-13-15(3-2-4-18(13)24(25,26)27)11-30-21(32)17(22(33)34)12-29(23(30)35)16-7-5-14(6-8-16)19-9-10-20(31)28-19/h2-8,17,19H,9-12H2,1H3,(H,28,31)(H,33,34). The molecule has 0 aromatic heterocycles. The number of carbonyl (C=O) groups is 4. The fraction of sp³-hybridized carbons (Fsp3) is 0.333. The number of amides is 4. The summed E-state index contributed by atoms with van der Waals surface area (Å²) < 4.78 is 40.0. The van der Waals surface area contributed by atoms with Crippen LogP contribution in [0.3, 0.4) is 0 Å². The van der Waals surface area contributed by atoms with Crippen molar-refractivity contribution in [2.45, 2.75) is 38.5 Å². The topological polar surface area (TPSA) is 107 Å². The molecular weight excluding hydrogens is 467 g/mol. The van der Waals surface area contributed by atoms with E-state index in [1.807, 2.05) is 0 Å². The quantitative estimate of drug-likeness (QED) is 0.624. The van der Waals surface area contributed by atoms with Gasteiger partial charge in [0.2, 0.25) is 11.8 Å². The number of anilines is 1. The van der Waals surface area contributed by atoms with E-state index in [0.717, 1.165) is 16.5 Å². The summed E-state index contributed by atoms with van der Waals surface area (Å²) in [6, 6.07) is 9.02. The van der Waals surface area contributed by atoms with Crippen LogP contribution >= 0.6 is 0 Å². The highest BCUT2D eigenvalue weighted by molar-refractivity contribution is 6.12. The van der Waals surface area contributed by atoms with Gasteiger partial charge in [-0.05, 0) is 48.2 Å². The average Bonchev–Trinajstić information content (AvgIpc) is 3.23. The zero-order valence-electron chi connectivity index (χ0n) is 18.6. The van der Waals surface area contributed by atoms with E-state index in [1.54, 1.807) is 24.3 Å². The number of alkyl halides is 3. The summed E-state index contributed by atoms with van der Waals surface area (Å²) in [7, 11) is 0. The SMILES string of the molecule is Cc1c(CN2C(=O)C(C(=O)O)CN(c3ccc(C4CCC(=O)N4)cc3)C2=O)cccc1C(F)(F)F. The van der Waals surface area contributed by atoms with Gasteiger partial charge in [0.1, 0.15) is 0 Å². The first kappa shape index (κ1) is 24.2. The van der Waals surface area contributed by atoms with Gasteiger partial charge in [0.15, 0.2) is 5.92 Å². The summed E-state index contributed by atoms with van der Waals surface area (Å²) in [5.41, 5.74) is 0.180. The van der Waals surface area contributed by atoms with Gasteiger partial charge in [-0.2, -0.15) is 13.2 Å². The molecule has 2 aromatic carbocycles. The van der Waals surface area contributed by atoms with Crippen molar-refractivity contribution < 1.29 is 37.5 Å². The van der Waals surface area contributed by atoms with Crippen LogP contribution in [0.1, 0.15) is 41.1 Å². The minimum absolute atomic E-state index is 0.0615. The van der Waals surface area contributed by atoms with E-state index in [0.29, 0.717) is 23.4 Å². The number of aliphatic carboxylic acids is 1. The number of benzene rings is 2. The molecule has 0 radical (unpaired) electrons. The Hall–Kier alpha value is -3.89. The molecule has 35 heavy (non-hydrogen) atoms. The molecule has 2 atom stereocenters. The number of imide groups is 1. The molecule has 0 saturated carbocycles. The first-order valence-electron chi connectivity index (χ1n) is 10.9. The maximum absolute atomic E-state index is 13.3. The number of rotatable bonds is 5. The van der Waals surface area contributed by atoms with Gasteiger partial charge in [0.25, 0.3) is 0 Å². The average molecular weight is 489 g/mol. The third-order valence-corrected chi connectivity index (χ3v) is 6.37. The number of carbonyl (C=O) groups excluding carboxylic acids is 3. The lowest BCUT2D eigenvalue weighted by atomic mass is 9.99. The van der Waals surface area contributed by atoms with Crippen molar-refractivity contribution >= 4 is 29.5 Å². The van der Waals surface area contributed by atoms with E-state index in [4.69, 9.17) is 0 Å². The van der Waals surface area contributed by atoms with Gasteiger partial charge >= 0.3 is 18.2 Å². The van der Waals surface area contributed by atoms with Crippen molar-refractivity contribution in [3.05, 3.63) is 64.7 Å². The maximum Gasteiger partial charge on any atom is 0.416 e. The fourth-order valence-electron chi connectivity index (χ4n) is 4.39. The van der Waals surface area contributed by atoms with Gasteiger partial charge in [-0.25, -0.2) is 4.79 Å². The highest BCUT2D eigenvalue weighted by Crippen LogP contribution is 2.34. The first-order chi connectivity index (χ1) is 16.5. The molecule has 2 heterocycles. The second kappa shape index (κ2) is 9.05. The Balaban J connectivity index is 1.64. The first-order valence-corrected chi connectivity index (χ1v) is 10.9. The Morgan fingerprint density at radius 1 is 1.11 bits per heavy atom. The Kier molecular flexibility index (Phi) is 6.27. The number of hydrogen-bond donors (Lipinski definition) is 2. The van der Waals surface area contributed by atoms with Gasteiger partial charge in [0, 0.05) is 18.7 Å². The van der Waals surface area contributed by atoms with Crippen LogP contribution in [0, 0.1) is 12.8 Å². The van der Waals surface area contributed by atoms with Crippen molar-refractivity contribution in [3.8, 4) is 0 Å². The van der Waals surface area contributed by atoms with Crippen molar-refractivity contribution in [2.75, 3.05) is 11.4 Å². The summed E-state index contributed by atoms with van der Waals surface area (Å²) in [6.07, 6.45) is -3.59. The van der Waals surface area contributed by atoms with Crippen LogP contribution in [0.2, 0.25) is 0 Å². The third-order valence-electron chi connectivity index (χ3n) is 6.37. The van der Waals surface area contributed by atoms with Gasteiger partial charge in [-0.3, -0.25) is 24.2 Å². The minimum atomic E-state index is -4.62. The molecule has 2 saturated heterocycles. The molecular formula is C24H22F3N3O5. The predicted molar refractivity (Wildman–Crippen MR) is 117 cm³/mol. The van der Waals surface area contributed by atoms with Crippen LogP contribution < -0.4 is 10.2 Å². The summed E-state index contributed by atoms with van der Waals surface area (Å²) in [5.74, 6) is -4.06. The van der Waals surface area contributed by atoms with Crippen molar-refractivity contribution in [2.24, 2.45) is 5.92 Å². The van der Waals surface area contributed by atoms with Crippen LogP contribution in [0.25, 0.3) is 0 Å². The van der Waals surface area contributed by atoms with Gasteiger partial charge in [0.05, 0.1) is 18.2 Å². The zero-order chi connectivity index (χ0) is 25.5. The summed E-state index contributed by atoms with van der Waals surface area (Å²) in [5, 5.41) is 12.4. The summed E-state index contributed by atoms with van der Waals surface area (Å²) >= 11 is 0. The number of carboxylic acids is 1. The fourth-order valence-corrected chi connectivity index (χ4v) is 4.39. The lowest BCUT2D eigenvalue weighted by Crippen LogP contribution is -2.58. The summed E-state index contributed by atoms with van der Waals surface area (Å²) in [4.78, 5) is 51.2. The van der Waals surface area contributed by atoms with E-state index in [-0.39, 0.29) is 23.1 Å². The molecule has 8 nitrogen and oxygen atoms in total. The van der Waals surface area contributed by atoms with Crippen LogP contribution in [-0.4, -0.2) is 40.4 Å². The Morgan fingerprint density at radius 2 is 1.80 bits per heavy atom. The molecule has 2 fully saturated rings. The van der Waals surface area contributed by atoms with Crippen LogP contribution in [0.5, 0.6) is 0 Å². The van der Waals surface area contributed by atoms with Crippen LogP contribution in [0.15, 0.2) is 42.5 Å². The van der Waals surface area contributed by atoms with E-state index in [9.17, 15) is 37.5 Å². The normalized spacial score (nSPS) is 20.9. The molecule has 4 amide bonds. The van der Waals surface area contributed by atoms with Gasteiger partial charge < -0.3 is 10.4 Å². The van der Waals surface area contributed by atoms with Crippen molar-refractivity contribution in [1.82, 2.24) is 10.2 Å². The Bertz CT molecular complexity index is 1200. The van der Waals surface area contributed by atoms with Gasteiger partial charge in [-0.15, -0.1) is 0 Å². The van der Waals surface area contributed by atoms with Crippen molar-refractivity contribution in [1.29, 1.82) is 0 Å². The maximum atomic E-state index is 13.3. The largest absolute Gasteiger partial charge is 0.481 e. The smallest absolute Gasteiger partial charge is 0.416 e. The molecule has 2 N–H and O–H groups in total. The molecule has 0 aliphatic carbocycles. The number of carboxylic acid groups (broad SMARTS) is 1. The predicted octanol–water partition coefficient (Wildman–Crippen LogP) is 3.63. The van der Waals surface area contributed by atoms with E-state index in [1.165, 1.54) is 19.1 Å². The highest BCUT2D eigenvalue weighted by atomic mass is 19.4. The Morgan fingerprint density at radius 3 is 2.37 bits per heavy atom. The molecule has 0 spiro atoms. The van der Waals surface area contributed by atoms with Gasteiger partial charge in [-0.1, -0.05) is 24.3 Å². The van der Waals surface area contributed by atoms with Crippen LogP contribution in [-0.2, 0) is 27.1 Å². The summed E-state index contributed by atoms with van der Waals surface area (Å²) in [6.45, 7) is 0.328. The van der Waals surface area contributed by atoms with E-state index >= 15 is 0 Å². The molecule has 2 unspecified atom stereocenters. The number of nitrogens with zero attached hydrogens (tertiary/aromatic N) is 2. The van der Waals surface area contributed by atoms with Crippen LogP contribution in [0.4, 0.5) is 23.7 Å². The van der Waals surface area contributed by atoms with E-state index in [2.05, 4.69) is 5.32 Å². The molecule has 2 aromatic rings. The molecule has 11 heteroatoms. The number of nitrogens with one attached hydrogen (secondary N) is 1. The molecule has 2 aliphatic heterocycles. The molecule has 184 valence electrons. The second-order valence-corrected chi connectivity index (χ2v) is 8.55. The lowest BCUT2D eigenvalue weighted by Gasteiger charge is -2.37. The lowest BCUT2D eigenvalue weighted by molar-refractivity contribution is -0.150. The minimum Gasteiger partial charge on any atom is -0.481 e. The Labute approximate surface area is 198 Å². The number of urea groups is 1. The zero-order valence-corrected chi connectivity index (χ0v) is 18.6.